The molecule has 2 aromatic rings. The van der Waals surface area contributed by atoms with Gasteiger partial charge < -0.3 is 9.47 Å². The van der Waals surface area contributed by atoms with Crippen LogP contribution in [0.25, 0.3) is 5.65 Å². The molecule has 1 aliphatic heterocycles. The third-order valence-electron chi connectivity index (χ3n) is 2.99. The Bertz CT molecular complexity index is 587. The molecule has 18 heavy (non-hydrogen) atoms. The average molecular weight is 247 g/mol. The first kappa shape index (κ1) is 11.2. The second-order valence-corrected chi connectivity index (χ2v) is 4.18. The molecular weight excluding hydrogens is 234 g/mol. The second kappa shape index (κ2) is 4.38. The van der Waals surface area contributed by atoms with Crippen LogP contribution >= 0.6 is 0 Å². The van der Waals surface area contributed by atoms with Gasteiger partial charge in [-0.05, 0) is 25.0 Å². The second-order valence-electron chi connectivity index (χ2n) is 4.18. The van der Waals surface area contributed by atoms with Gasteiger partial charge in [-0.15, -0.1) is 5.10 Å². The molecule has 0 bridgehead atoms. The van der Waals surface area contributed by atoms with Crippen molar-refractivity contribution in [2.45, 2.75) is 18.9 Å². The van der Waals surface area contributed by atoms with Crippen LogP contribution in [0.1, 0.15) is 35.1 Å². The van der Waals surface area contributed by atoms with Gasteiger partial charge in [-0.1, -0.05) is 0 Å². The van der Waals surface area contributed by atoms with Crippen LogP contribution < -0.4 is 0 Å². The highest BCUT2D eigenvalue weighted by atomic mass is 16.5. The lowest BCUT2D eigenvalue weighted by Crippen LogP contribution is -2.03. The number of aromatic nitrogens is 3. The first-order valence-corrected chi connectivity index (χ1v) is 5.84. The maximum absolute atomic E-state index is 11.4. The van der Waals surface area contributed by atoms with E-state index in [0.29, 0.717) is 17.0 Å². The molecule has 1 saturated heterocycles. The maximum Gasteiger partial charge on any atom is 0.339 e. The number of pyridine rings is 1. The molecule has 0 aliphatic carbocycles. The Kier molecular flexibility index (Phi) is 2.71. The molecule has 0 radical (unpaired) electrons. The summed E-state index contributed by atoms with van der Waals surface area (Å²) in [6, 6.07) is 3.42. The lowest BCUT2D eigenvalue weighted by Gasteiger charge is -2.01. The van der Waals surface area contributed by atoms with E-state index >= 15 is 0 Å². The van der Waals surface area contributed by atoms with Gasteiger partial charge in [0, 0.05) is 12.8 Å². The summed E-state index contributed by atoms with van der Waals surface area (Å²) in [5.74, 6) is 0.292. The van der Waals surface area contributed by atoms with Gasteiger partial charge in [0.05, 0.1) is 12.7 Å². The number of hydrogen-bond acceptors (Lipinski definition) is 5. The van der Waals surface area contributed by atoms with Crippen LogP contribution in [0.2, 0.25) is 0 Å². The minimum atomic E-state index is -0.383. The number of carbonyl (C=O) groups excluding carboxylic acids is 1. The van der Waals surface area contributed by atoms with Crippen molar-refractivity contribution in [3.05, 3.63) is 29.7 Å². The van der Waals surface area contributed by atoms with Crippen LogP contribution in [0.15, 0.2) is 18.3 Å². The van der Waals surface area contributed by atoms with Crippen LogP contribution in [0.4, 0.5) is 0 Å². The molecule has 0 aromatic carbocycles. The van der Waals surface area contributed by atoms with E-state index < -0.39 is 0 Å². The molecule has 3 rings (SSSR count). The van der Waals surface area contributed by atoms with Crippen molar-refractivity contribution in [1.29, 1.82) is 0 Å². The molecule has 0 saturated carbocycles. The van der Waals surface area contributed by atoms with E-state index in [1.54, 1.807) is 22.8 Å². The fourth-order valence-electron chi connectivity index (χ4n) is 2.06. The lowest BCUT2D eigenvalue weighted by atomic mass is 10.2. The molecule has 1 atom stereocenters. The summed E-state index contributed by atoms with van der Waals surface area (Å²) in [6.07, 6.45) is 3.58. The Morgan fingerprint density at radius 3 is 3.17 bits per heavy atom. The molecule has 2 aromatic heterocycles. The van der Waals surface area contributed by atoms with Crippen molar-refractivity contribution >= 4 is 11.6 Å². The molecule has 94 valence electrons. The molecule has 6 heteroatoms. The van der Waals surface area contributed by atoms with Crippen molar-refractivity contribution in [2.75, 3.05) is 13.7 Å². The quantitative estimate of drug-likeness (QED) is 0.750. The third-order valence-corrected chi connectivity index (χ3v) is 2.99. The third kappa shape index (κ3) is 1.84. The zero-order chi connectivity index (χ0) is 12.5. The standard InChI is InChI=1S/C12H13N3O3/c1-17-12(16)8-4-5-10-13-11(14-15(10)7-8)9-3-2-6-18-9/h4-5,7,9H,2-3,6H2,1H3. The fourth-order valence-corrected chi connectivity index (χ4v) is 2.06. The highest BCUT2D eigenvalue weighted by Gasteiger charge is 2.22. The van der Waals surface area contributed by atoms with Gasteiger partial charge in [0.25, 0.3) is 0 Å². The topological polar surface area (TPSA) is 65.7 Å². The Morgan fingerprint density at radius 2 is 2.44 bits per heavy atom. The number of rotatable bonds is 2. The van der Waals surface area contributed by atoms with Crippen molar-refractivity contribution < 1.29 is 14.3 Å². The summed E-state index contributed by atoms with van der Waals surface area (Å²) in [5, 5.41) is 4.34. The summed E-state index contributed by atoms with van der Waals surface area (Å²) in [4.78, 5) is 15.8. The number of fused-ring (bicyclic) bond motifs is 1. The highest BCUT2D eigenvalue weighted by Crippen LogP contribution is 2.26. The molecule has 1 fully saturated rings. The zero-order valence-corrected chi connectivity index (χ0v) is 10.00. The van der Waals surface area contributed by atoms with Gasteiger partial charge >= 0.3 is 5.97 Å². The predicted molar refractivity (Wildman–Crippen MR) is 62.3 cm³/mol. The van der Waals surface area contributed by atoms with E-state index in [2.05, 4.69) is 14.8 Å². The van der Waals surface area contributed by atoms with E-state index in [-0.39, 0.29) is 12.1 Å². The van der Waals surface area contributed by atoms with Crippen LogP contribution in [0.3, 0.4) is 0 Å². The minimum Gasteiger partial charge on any atom is -0.465 e. The number of ether oxygens (including phenoxy) is 2. The SMILES string of the molecule is COC(=O)c1ccc2nc(C3CCCO3)nn2c1. The van der Waals surface area contributed by atoms with E-state index in [9.17, 15) is 4.79 Å². The van der Waals surface area contributed by atoms with Gasteiger partial charge in [-0.25, -0.2) is 14.3 Å². The van der Waals surface area contributed by atoms with Gasteiger partial charge in [-0.2, -0.15) is 0 Å². The Morgan fingerprint density at radius 1 is 1.56 bits per heavy atom. The molecule has 3 heterocycles. The van der Waals surface area contributed by atoms with Gasteiger partial charge in [0.15, 0.2) is 11.5 Å². The van der Waals surface area contributed by atoms with Gasteiger partial charge in [0.1, 0.15) is 6.10 Å². The number of carbonyl (C=O) groups is 1. The number of esters is 1. The predicted octanol–water partition coefficient (Wildman–Crippen LogP) is 1.37. The zero-order valence-electron chi connectivity index (χ0n) is 10.00. The first-order chi connectivity index (χ1) is 8.78. The fraction of sp³-hybridized carbons (Fsp3) is 0.417. The molecule has 0 amide bonds. The molecule has 0 N–H and O–H groups in total. The minimum absolute atomic E-state index is 0.0218. The largest absolute Gasteiger partial charge is 0.465 e. The average Bonchev–Trinajstić information content (AvgIpc) is 3.04. The normalized spacial score (nSPS) is 19.3. The van der Waals surface area contributed by atoms with Crippen molar-refractivity contribution in [2.24, 2.45) is 0 Å². The lowest BCUT2D eigenvalue weighted by molar-refractivity contribution is 0.0600. The van der Waals surface area contributed by atoms with E-state index in [1.807, 2.05) is 0 Å². The van der Waals surface area contributed by atoms with E-state index in [1.165, 1.54) is 7.11 Å². The smallest absolute Gasteiger partial charge is 0.339 e. The number of methoxy groups -OCH3 is 1. The summed E-state index contributed by atoms with van der Waals surface area (Å²) in [6.45, 7) is 0.758. The Hall–Kier alpha value is -1.95. The number of nitrogens with zero attached hydrogens (tertiary/aromatic N) is 3. The summed E-state index contributed by atoms with van der Waals surface area (Å²) in [7, 11) is 1.35. The molecule has 1 unspecified atom stereocenters. The number of hydrogen-bond donors (Lipinski definition) is 0. The van der Waals surface area contributed by atoms with Crippen LogP contribution in [-0.4, -0.2) is 34.3 Å². The summed E-state index contributed by atoms with van der Waals surface area (Å²) in [5.41, 5.74) is 1.15. The first-order valence-electron chi connectivity index (χ1n) is 5.84. The summed E-state index contributed by atoms with van der Waals surface area (Å²) >= 11 is 0. The molecule has 1 aliphatic rings. The molecule has 0 spiro atoms. The van der Waals surface area contributed by atoms with Gasteiger partial charge in [0.2, 0.25) is 0 Å². The van der Waals surface area contributed by atoms with Crippen LogP contribution in [0.5, 0.6) is 0 Å². The van der Waals surface area contributed by atoms with Crippen molar-refractivity contribution in [1.82, 2.24) is 14.6 Å². The molecule has 6 nitrogen and oxygen atoms in total. The summed E-state index contributed by atoms with van der Waals surface area (Å²) < 4.78 is 11.8. The van der Waals surface area contributed by atoms with Crippen molar-refractivity contribution in [3.63, 3.8) is 0 Å². The molecular formula is C12H13N3O3. The van der Waals surface area contributed by atoms with Gasteiger partial charge in [-0.3, -0.25) is 0 Å². The van der Waals surface area contributed by atoms with Crippen LogP contribution in [0, 0.1) is 0 Å². The van der Waals surface area contributed by atoms with Crippen molar-refractivity contribution in [3.8, 4) is 0 Å². The van der Waals surface area contributed by atoms with Crippen LogP contribution in [-0.2, 0) is 9.47 Å². The Labute approximate surface area is 104 Å². The highest BCUT2D eigenvalue weighted by molar-refractivity contribution is 5.89. The maximum atomic E-state index is 11.4. The van der Waals surface area contributed by atoms with E-state index in [4.69, 9.17) is 4.74 Å². The Balaban J connectivity index is 1.98. The monoisotopic (exact) mass is 247 g/mol. The van der Waals surface area contributed by atoms with E-state index in [0.717, 1.165) is 19.4 Å².